The maximum absolute atomic E-state index is 17.2. The predicted molar refractivity (Wildman–Crippen MR) is 206 cm³/mol. The van der Waals surface area contributed by atoms with Crippen LogP contribution in [0.15, 0.2) is 30.5 Å². The summed E-state index contributed by atoms with van der Waals surface area (Å²) in [5, 5.41) is 12.3. The third kappa shape index (κ3) is 6.41. The average molecular weight is 728 g/mol. The standard InChI is InChI=1S/C41H51F2N5O3Si/c1-26(2)52(27(3)4,28(5)6)21-12-31-34(42)11-10-29-22-30(49)23-32(35(29)31)37-36(43)38-33(24-44-37)39(47-15-9-19-50-20-18-47)46-40(45-38)51-25-41-13-7-16-48(41)17-8-14-41/h10-11,22-24,26-28,49H,7-9,13-20,25H2,1-6H3. The summed E-state index contributed by atoms with van der Waals surface area (Å²) in [4.78, 5) is 18.8. The van der Waals surface area contributed by atoms with Gasteiger partial charge < -0.3 is 19.5 Å². The first-order valence-electron chi connectivity index (χ1n) is 19.0. The molecule has 2 aromatic heterocycles. The Bertz CT molecular complexity index is 2000. The number of halogens is 2. The van der Waals surface area contributed by atoms with Gasteiger partial charge in [0.25, 0.3) is 0 Å². The fourth-order valence-electron chi connectivity index (χ4n) is 9.47. The molecule has 3 aliphatic heterocycles. The molecule has 4 aromatic rings. The molecule has 0 unspecified atom stereocenters. The minimum Gasteiger partial charge on any atom is -0.508 e. The molecule has 11 heteroatoms. The van der Waals surface area contributed by atoms with Crippen molar-refractivity contribution >= 4 is 35.6 Å². The van der Waals surface area contributed by atoms with Crippen molar-refractivity contribution in [3.8, 4) is 34.5 Å². The molecule has 3 saturated heterocycles. The number of aromatic nitrogens is 3. The molecule has 276 valence electrons. The van der Waals surface area contributed by atoms with Crippen molar-refractivity contribution in [3.63, 3.8) is 0 Å². The molecule has 0 radical (unpaired) electrons. The number of nitrogens with zero attached hydrogens (tertiary/aromatic N) is 5. The summed E-state index contributed by atoms with van der Waals surface area (Å²) < 4.78 is 45.3. The Balaban J connectivity index is 1.40. The Morgan fingerprint density at radius 1 is 0.942 bits per heavy atom. The van der Waals surface area contributed by atoms with E-state index in [0.29, 0.717) is 71.5 Å². The SMILES string of the molecule is CC(C)[Si](C#Cc1c(F)ccc2cc(O)cc(-c3ncc4c(N5CCCOCC5)nc(OCC56CCCN5CCC6)nc4c3F)c12)(C(C)C)C(C)C. The lowest BCUT2D eigenvalue weighted by molar-refractivity contribution is 0.108. The number of anilines is 1. The number of benzene rings is 2. The highest BCUT2D eigenvalue weighted by Crippen LogP contribution is 2.43. The smallest absolute Gasteiger partial charge is 0.319 e. The maximum atomic E-state index is 17.2. The largest absolute Gasteiger partial charge is 0.508 e. The van der Waals surface area contributed by atoms with Gasteiger partial charge in [0.15, 0.2) is 5.82 Å². The summed E-state index contributed by atoms with van der Waals surface area (Å²) in [6.45, 7) is 18.2. The summed E-state index contributed by atoms with van der Waals surface area (Å²) in [5.41, 5.74) is 5.07. The number of phenols is 1. The summed E-state index contributed by atoms with van der Waals surface area (Å²) >= 11 is 0. The van der Waals surface area contributed by atoms with Crippen molar-refractivity contribution < 1.29 is 23.4 Å². The van der Waals surface area contributed by atoms with Gasteiger partial charge in [0.1, 0.15) is 43.3 Å². The minimum atomic E-state index is -2.25. The number of aromatic hydroxyl groups is 1. The second kappa shape index (κ2) is 14.5. The van der Waals surface area contributed by atoms with Crippen LogP contribution in [0.3, 0.4) is 0 Å². The Morgan fingerprint density at radius 2 is 1.67 bits per heavy atom. The van der Waals surface area contributed by atoms with Crippen LogP contribution in [0.2, 0.25) is 16.6 Å². The van der Waals surface area contributed by atoms with Gasteiger partial charge in [-0.05, 0) is 85.4 Å². The van der Waals surface area contributed by atoms with E-state index in [9.17, 15) is 5.11 Å². The molecule has 0 bridgehead atoms. The van der Waals surface area contributed by atoms with Crippen LogP contribution in [0, 0.1) is 23.1 Å². The maximum Gasteiger partial charge on any atom is 0.319 e. The van der Waals surface area contributed by atoms with E-state index in [1.807, 2.05) is 0 Å². The van der Waals surface area contributed by atoms with Gasteiger partial charge in [-0.15, -0.1) is 5.54 Å². The van der Waals surface area contributed by atoms with Crippen molar-refractivity contribution in [2.45, 2.75) is 95.8 Å². The molecule has 3 aliphatic rings. The first-order chi connectivity index (χ1) is 24.9. The molecule has 0 atom stereocenters. The highest BCUT2D eigenvalue weighted by molar-refractivity contribution is 6.90. The highest BCUT2D eigenvalue weighted by Gasteiger charge is 2.45. The van der Waals surface area contributed by atoms with Crippen LogP contribution in [-0.2, 0) is 4.74 Å². The zero-order valence-corrected chi connectivity index (χ0v) is 32.4. The van der Waals surface area contributed by atoms with Crippen LogP contribution in [0.5, 0.6) is 11.8 Å². The zero-order chi connectivity index (χ0) is 36.8. The van der Waals surface area contributed by atoms with Gasteiger partial charge in [0.2, 0.25) is 0 Å². The van der Waals surface area contributed by atoms with E-state index in [0.717, 1.165) is 45.2 Å². The predicted octanol–water partition coefficient (Wildman–Crippen LogP) is 8.63. The van der Waals surface area contributed by atoms with Crippen molar-refractivity contribution in [3.05, 3.63) is 47.7 Å². The van der Waals surface area contributed by atoms with Gasteiger partial charge in [0.05, 0.1) is 23.1 Å². The fourth-order valence-corrected chi connectivity index (χ4v) is 14.7. The molecule has 0 spiro atoms. The normalized spacial score (nSPS) is 18.0. The molecule has 0 amide bonds. The first-order valence-corrected chi connectivity index (χ1v) is 21.2. The molecule has 52 heavy (non-hydrogen) atoms. The van der Waals surface area contributed by atoms with Gasteiger partial charge in [-0.3, -0.25) is 9.88 Å². The first kappa shape index (κ1) is 36.5. The monoisotopic (exact) mass is 727 g/mol. The quantitative estimate of drug-likeness (QED) is 0.143. The molecule has 3 fully saturated rings. The summed E-state index contributed by atoms with van der Waals surface area (Å²) in [6, 6.07) is 6.09. The van der Waals surface area contributed by atoms with E-state index in [1.165, 1.54) is 12.1 Å². The number of hydrogen-bond donors (Lipinski definition) is 1. The van der Waals surface area contributed by atoms with Crippen molar-refractivity contribution in [1.82, 2.24) is 19.9 Å². The number of fused-ring (bicyclic) bond motifs is 3. The van der Waals surface area contributed by atoms with Gasteiger partial charge in [0, 0.05) is 36.8 Å². The minimum absolute atomic E-state index is 0.0417. The van der Waals surface area contributed by atoms with Gasteiger partial charge in [-0.1, -0.05) is 53.5 Å². The van der Waals surface area contributed by atoms with Crippen LogP contribution < -0.4 is 9.64 Å². The molecule has 2 aromatic carbocycles. The van der Waals surface area contributed by atoms with Crippen LogP contribution in [-0.4, -0.2) is 84.6 Å². The van der Waals surface area contributed by atoms with Crippen LogP contribution in [0.4, 0.5) is 14.6 Å². The van der Waals surface area contributed by atoms with E-state index < -0.39 is 19.7 Å². The third-order valence-electron chi connectivity index (χ3n) is 12.0. The number of ether oxygens (including phenoxy) is 2. The van der Waals surface area contributed by atoms with E-state index >= 15 is 8.78 Å². The number of phenolic OH excluding ortho intramolecular Hbond substituents is 1. The summed E-state index contributed by atoms with van der Waals surface area (Å²) in [6.07, 6.45) is 6.76. The fraction of sp³-hybridized carbons (Fsp3) is 0.537. The number of hydrogen-bond acceptors (Lipinski definition) is 8. The highest BCUT2D eigenvalue weighted by atomic mass is 28.3. The topological polar surface area (TPSA) is 83.8 Å². The Morgan fingerprint density at radius 3 is 2.38 bits per heavy atom. The molecular formula is C41H51F2N5O3Si. The average Bonchev–Trinajstić information content (AvgIpc) is 3.57. The van der Waals surface area contributed by atoms with Gasteiger partial charge in [-0.2, -0.15) is 9.97 Å². The molecular weight excluding hydrogens is 677 g/mol. The van der Waals surface area contributed by atoms with E-state index in [2.05, 4.69) is 67.8 Å². The van der Waals surface area contributed by atoms with E-state index in [4.69, 9.17) is 19.4 Å². The number of rotatable bonds is 8. The van der Waals surface area contributed by atoms with Crippen molar-refractivity contribution in [2.75, 3.05) is 50.9 Å². The zero-order valence-electron chi connectivity index (χ0n) is 31.4. The lowest BCUT2D eigenvalue weighted by Gasteiger charge is -2.38. The van der Waals surface area contributed by atoms with Gasteiger partial charge >= 0.3 is 6.01 Å². The summed E-state index contributed by atoms with van der Waals surface area (Å²) in [7, 11) is -2.25. The molecule has 5 heterocycles. The molecule has 0 saturated carbocycles. The third-order valence-corrected chi connectivity index (χ3v) is 18.3. The summed E-state index contributed by atoms with van der Waals surface area (Å²) in [5.74, 6) is 2.57. The van der Waals surface area contributed by atoms with Crippen LogP contribution in [0.25, 0.3) is 32.9 Å². The second-order valence-electron chi connectivity index (χ2n) is 15.8. The van der Waals surface area contributed by atoms with Gasteiger partial charge in [-0.25, -0.2) is 8.78 Å². The number of pyridine rings is 1. The van der Waals surface area contributed by atoms with E-state index in [1.54, 1.807) is 18.3 Å². The van der Waals surface area contributed by atoms with Crippen molar-refractivity contribution in [2.24, 2.45) is 0 Å². The second-order valence-corrected chi connectivity index (χ2v) is 21.4. The molecule has 7 rings (SSSR count). The van der Waals surface area contributed by atoms with Crippen LogP contribution in [0.1, 0.15) is 79.2 Å². The molecule has 1 N–H and O–H groups in total. The lowest BCUT2D eigenvalue weighted by Crippen LogP contribution is -2.43. The Labute approximate surface area is 307 Å². The Hall–Kier alpha value is -3.85. The van der Waals surface area contributed by atoms with E-state index in [-0.39, 0.29) is 39.6 Å². The lowest BCUT2D eigenvalue weighted by atomic mass is 9.95. The molecule has 0 aliphatic carbocycles. The molecule has 8 nitrogen and oxygen atoms in total. The van der Waals surface area contributed by atoms with Crippen molar-refractivity contribution in [1.29, 1.82) is 0 Å². The Kier molecular flexibility index (Phi) is 10.2. The van der Waals surface area contributed by atoms with Crippen LogP contribution >= 0.6 is 0 Å².